The van der Waals surface area contributed by atoms with Crippen molar-refractivity contribution in [3.8, 4) is 17.4 Å². The van der Waals surface area contributed by atoms with Crippen molar-refractivity contribution in [2.75, 3.05) is 6.54 Å². The lowest BCUT2D eigenvalue weighted by molar-refractivity contribution is -0.117. The zero-order valence-electron chi connectivity index (χ0n) is 19.7. The van der Waals surface area contributed by atoms with Crippen LogP contribution < -0.4 is 5.32 Å². The van der Waals surface area contributed by atoms with E-state index in [1.807, 2.05) is 38.1 Å². The van der Waals surface area contributed by atoms with Crippen LogP contribution in [-0.2, 0) is 4.79 Å². The molecule has 180 valence electrons. The van der Waals surface area contributed by atoms with Gasteiger partial charge in [0.2, 0.25) is 5.88 Å². The average Bonchev–Trinajstić information content (AvgIpc) is 3.41. The summed E-state index contributed by atoms with van der Waals surface area (Å²) in [7, 11) is 0. The van der Waals surface area contributed by atoms with Gasteiger partial charge in [-0.3, -0.25) is 9.78 Å². The van der Waals surface area contributed by atoms with E-state index in [4.69, 9.17) is 0 Å². The number of aromatic nitrogens is 4. The first-order valence-corrected chi connectivity index (χ1v) is 11.4. The van der Waals surface area contributed by atoms with E-state index < -0.39 is 11.9 Å². The number of aromatic hydroxyl groups is 1. The molecule has 0 fully saturated rings. The van der Waals surface area contributed by atoms with Crippen LogP contribution in [0.4, 0.5) is 10.5 Å². The number of nitrogens with one attached hydrogen (secondary N) is 1. The fourth-order valence-corrected chi connectivity index (χ4v) is 4.12. The summed E-state index contributed by atoms with van der Waals surface area (Å²) in [5, 5.41) is 21.7. The van der Waals surface area contributed by atoms with Crippen molar-refractivity contribution in [2.24, 2.45) is 10.2 Å². The van der Waals surface area contributed by atoms with Gasteiger partial charge in [-0.05, 0) is 44.2 Å². The maximum atomic E-state index is 13.1. The summed E-state index contributed by atoms with van der Waals surface area (Å²) in [6, 6.07) is 19.3. The minimum atomic E-state index is -0.673. The fraction of sp³-hybridized carbons (Fsp3) is 0.154. The largest absolute Gasteiger partial charge is 0.493 e. The zero-order chi connectivity index (χ0) is 25.2. The summed E-state index contributed by atoms with van der Waals surface area (Å²) in [5.74, 6) is -0.389. The standard InChI is InChI=1S/C26H23N7O3/c1-16(2)32-20-12-5-3-9-17(20)23(25(32)35)31-30-22(34)15-28-26(36)33-21-13-6-4-10-18(21)29-24(33)19-11-7-8-14-27-19/h3-14,16,35H,15H2,1-2H3,(H,28,36). The Bertz CT molecular complexity index is 1620. The third-order valence-electron chi connectivity index (χ3n) is 5.69. The number of amides is 2. The molecule has 0 aliphatic carbocycles. The summed E-state index contributed by atoms with van der Waals surface area (Å²) in [6.45, 7) is 3.49. The topological polar surface area (TPSA) is 127 Å². The Hall–Kier alpha value is -4.86. The van der Waals surface area contributed by atoms with Crippen molar-refractivity contribution >= 4 is 39.6 Å². The number of carbonyl (C=O) groups is 2. The van der Waals surface area contributed by atoms with E-state index >= 15 is 0 Å². The molecule has 10 nitrogen and oxygen atoms in total. The molecule has 2 aromatic carbocycles. The van der Waals surface area contributed by atoms with Crippen LogP contribution in [0.1, 0.15) is 19.9 Å². The van der Waals surface area contributed by atoms with Gasteiger partial charge in [0.1, 0.15) is 12.2 Å². The maximum Gasteiger partial charge on any atom is 0.328 e. The predicted molar refractivity (Wildman–Crippen MR) is 135 cm³/mol. The molecule has 2 amide bonds. The molecular formula is C26H23N7O3. The number of benzene rings is 2. The highest BCUT2D eigenvalue weighted by Gasteiger charge is 2.20. The molecule has 3 aromatic heterocycles. The first-order valence-electron chi connectivity index (χ1n) is 11.4. The van der Waals surface area contributed by atoms with Gasteiger partial charge < -0.3 is 15.0 Å². The number of nitrogens with zero attached hydrogens (tertiary/aromatic N) is 6. The van der Waals surface area contributed by atoms with Crippen molar-refractivity contribution in [3.05, 3.63) is 72.9 Å². The highest BCUT2D eigenvalue weighted by molar-refractivity contribution is 5.96. The monoisotopic (exact) mass is 481 g/mol. The first kappa shape index (κ1) is 22.9. The van der Waals surface area contributed by atoms with Gasteiger partial charge in [-0.25, -0.2) is 14.3 Å². The Morgan fingerprint density at radius 3 is 2.47 bits per heavy atom. The molecule has 0 unspecified atom stereocenters. The van der Waals surface area contributed by atoms with Crippen LogP contribution in [0.25, 0.3) is 33.5 Å². The van der Waals surface area contributed by atoms with E-state index in [0.717, 1.165) is 5.52 Å². The Morgan fingerprint density at radius 1 is 1.00 bits per heavy atom. The van der Waals surface area contributed by atoms with Crippen LogP contribution in [0.2, 0.25) is 0 Å². The zero-order valence-corrected chi connectivity index (χ0v) is 19.7. The summed E-state index contributed by atoms with van der Waals surface area (Å²) in [6.07, 6.45) is 1.62. The van der Waals surface area contributed by atoms with Gasteiger partial charge >= 0.3 is 6.03 Å². The van der Waals surface area contributed by atoms with Gasteiger partial charge in [0.05, 0.1) is 16.6 Å². The van der Waals surface area contributed by atoms with Crippen molar-refractivity contribution in [2.45, 2.75) is 19.9 Å². The molecule has 0 aliphatic heterocycles. The normalized spacial score (nSPS) is 11.6. The van der Waals surface area contributed by atoms with E-state index in [-0.39, 0.29) is 24.2 Å². The fourth-order valence-electron chi connectivity index (χ4n) is 4.12. The van der Waals surface area contributed by atoms with Gasteiger partial charge in [-0.1, -0.05) is 36.4 Å². The number of pyridine rings is 1. The Balaban J connectivity index is 1.38. The van der Waals surface area contributed by atoms with E-state index in [2.05, 4.69) is 25.5 Å². The number of hydrogen-bond donors (Lipinski definition) is 2. The van der Waals surface area contributed by atoms with Crippen LogP contribution in [-0.4, -0.2) is 42.7 Å². The third kappa shape index (κ3) is 4.09. The lowest BCUT2D eigenvalue weighted by Gasteiger charge is -2.10. The van der Waals surface area contributed by atoms with Crippen molar-refractivity contribution in [3.63, 3.8) is 0 Å². The third-order valence-corrected chi connectivity index (χ3v) is 5.69. The minimum Gasteiger partial charge on any atom is -0.493 e. The summed E-state index contributed by atoms with van der Waals surface area (Å²) >= 11 is 0. The Morgan fingerprint density at radius 2 is 1.72 bits per heavy atom. The summed E-state index contributed by atoms with van der Waals surface area (Å²) in [4.78, 5) is 34.5. The number of rotatable bonds is 5. The molecule has 0 bridgehead atoms. The SMILES string of the molecule is CC(C)n1c(O)c(N=NC(=O)CNC(=O)n2c(-c3ccccn3)nc3ccccc32)c2ccccc21. The molecule has 5 rings (SSSR count). The lowest BCUT2D eigenvalue weighted by atomic mass is 10.2. The molecule has 5 aromatic rings. The van der Waals surface area contributed by atoms with Gasteiger partial charge in [-0.2, -0.15) is 0 Å². The van der Waals surface area contributed by atoms with Gasteiger partial charge in [0.25, 0.3) is 5.91 Å². The van der Waals surface area contributed by atoms with Crippen LogP contribution in [0, 0.1) is 0 Å². The molecule has 0 aliphatic rings. The number of azo groups is 1. The maximum absolute atomic E-state index is 13.1. The van der Waals surface area contributed by atoms with Crippen LogP contribution >= 0.6 is 0 Å². The number of para-hydroxylation sites is 3. The highest BCUT2D eigenvalue weighted by atomic mass is 16.3. The minimum absolute atomic E-state index is 0.0212. The quantitative estimate of drug-likeness (QED) is 0.333. The van der Waals surface area contributed by atoms with E-state index in [9.17, 15) is 14.7 Å². The molecule has 36 heavy (non-hydrogen) atoms. The lowest BCUT2D eigenvalue weighted by Crippen LogP contribution is -2.32. The molecule has 0 spiro atoms. The van der Waals surface area contributed by atoms with Crippen molar-refractivity contribution in [1.82, 2.24) is 24.4 Å². The molecule has 0 radical (unpaired) electrons. The first-order chi connectivity index (χ1) is 17.5. The molecule has 10 heteroatoms. The molecular weight excluding hydrogens is 458 g/mol. The molecule has 2 N–H and O–H groups in total. The second kappa shape index (κ2) is 9.41. The number of hydrogen-bond acceptors (Lipinski definition) is 6. The Labute approximate surface area is 205 Å². The molecule has 0 saturated heterocycles. The van der Waals surface area contributed by atoms with Gasteiger partial charge in [0.15, 0.2) is 11.5 Å². The average molecular weight is 482 g/mol. The summed E-state index contributed by atoms with van der Waals surface area (Å²) < 4.78 is 3.10. The van der Waals surface area contributed by atoms with Crippen LogP contribution in [0.5, 0.6) is 5.88 Å². The summed E-state index contributed by atoms with van der Waals surface area (Å²) in [5.41, 5.74) is 2.71. The predicted octanol–water partition coefficient (Wildman–Crippen LogP) is 5.21. The van der Waals surface area contributed by atoms with Crippen LogP contribution in [0.3, 0.4) is 0 Å². The molecule has 0 saturated carbocycles. The smallest absolute Gasteiger partial charge is 0.328 e. The molecule has 0 atom stereocenters. The second-order valence-corrected chi connectivity index (χ2v) is 8.38. The van der Waals surface area contributed by atoms with E-state index in [1.54, 1.807) is 53.2 Å². The van der Waals surface area contributed by atoms with Gasteiger partial charge in [-0.15, -0.1) is 10.2 Å². The van der Waals surface area contributed by atoms with Crippen LogP contribution in [0.15, 0.2) is 83.2 Å². The van der Waals surface area contributed by atoms with E-state index in [0.29, 0.717) is 27.9 Å². The number of fused-ring (bicyclic) bond motifs is 2. The number of imidazole rings is 1. The van der Waals surface area contributed by atoms with Crippen molar-refractivity contribution < 1.29 is 14.7 Å². The van der Waals surface area contributed by atoms with Gasteiger partial charge in [0, 0.05) is 17.6 Å². The Kier molecular flexibility index (Phi) is 5.99. The van der Waals surface area contributed by atoms with Crippen molar-refractivity contribution in [1.29, 1.82) is 0 Å². The van der Waals surface area contributed by atoms with E-state index in [1.165, 1.54) is 4.57 Å². The number of carbonyl (C=O) groups excluding carboxylic acids is 2. The second-order valence-electron chi connectivity index (χ2n) is 8.38. The molecule has 3 heterocycles. The highest BCUT2D eigenvalue weighted by Crippen LogP contribution is 2.40.